The SMILES string of the molecule is Nc1cccc2c1ncn2CCCCN1CCN(c2ccc3c(c2)OCCO3)CC1. The highest BCUT2D eigenvalue weighted by molar-refractivity contribution is 5.86. The normalized spacial score (nSPS) is 16.9. The van der Waals surface area contributed by atoms with Crippen molar-refractivity contribution in [3.63, 3.8) is 0 Å². The van der Waals surface area contributed by atoms with Gasteiger partial charge in [0.25, 0.3) is 0 Å². The third-order valence-corrected chi connectivity index (χ3v) is 6.07. The molecule has 0 amide bonds. The zero-order chi connectivity index (χ0) is 20.3. The summed E-state index contributed by atoms with van der Waals surface area (Å²) in [6.07, 6.45) is 4.24. The second kappa shape index (κ2) is 8.44. The number of anilines is 2. The van der Waals surface area contributed by atoms with Crippen LogP contribution in [0.2, 0.25) is 0 Å². The number of nitrogens with zero attached hydrogens (tertiary/aromatic N) is 4. The fourth-order valence-corrected chi connectivity index (χ4v) is 4.36. The Morgan fingerprint density at radius 2 is 1.70 bits per heavy atom. The van der Waals surface area contributed by atoms with E-state index in [4.69, 9.17) is 15.2 Å². The van der Waals surface area contributed by atoms with Crippen LogP contribution in [0, 0.1) is 0 Å². The second-order valence-corrected chi connectivity index (χ2v) is 8.02. The van der Waals surface area contributed by atoms with Gasteiger partial charge in [0.05, 0.1) is 17.5 Å². The average Bonchev–Trinajstić information content (AvgIpc) is 3.21. The predicted molar refractivity (Wildman–Crippen MR) is 119 cm³/mol. The number of fused-ring (bicyclic) bond motifs is 2. The van der Waals surface area contributed by atoms with Gasteiger partial charge < -0.3 is 24.7 Å². The van der Waals surface area contributed by atoms with Crippen LogP contribution in [0.4, 0.5) is 11.4 Å². The Bertz CT molecular complexity index is 1010. The molecular formula is C23H29N5O2. The molecule has 2 aromatic carbocycles. The molecule has 7 nitrogen and oxygen atoms in total. The second-order valence-electron chi connectivity index (χ2n) is 8.02. The van der Waals surface area contributed by atoms with E-state index in [9.17, 15) is 0 Å². The summed E-state index contributed by atoms with van der Waals surface area (Å²) >= 11 is 0. The van der Waals surface area contributed by atoms with E-state index >= 15 is 0 Å². The molecule has 1 aromatic heterocycles. The first-order valence-corrected chi connectivity index (χ1v) is 10.8. The molecule has 158 valence electrons. The highest BCUT2D eigenvalue weighted by Gasteiger charge is 2.19. The lowest BCUT2D eigenvalue weighted by Gasteiger charge is -2.36. The van der Waals surface area contributed by atoms with Crippen molar-refractivity contribution in [1.29, 1.82) is 0 Å². The number of para-hydroxylation sites is 1. The molecule has 0 bridgehead atoms. The van der Waals surface area contributed by atoms with Gasteiger partial charge in [0, 0.05) is 44.5 Å². The highest BCUT2D eigenvalue weighted by atomic mass is 16.6. The third-order valence-electron chi connectivity index (χ3n) is 6.07. The van der Waals surface area contributed by atoms with Crippen molar-refractivity contribution in [1.82, 2.24) is 14.5 Å². The van der Waals surface area contributed by atoms with Gasteiger partial charge in [-0.05, 0) is 43.7 Å². The molecule has 2 aliphatic heterocycles. The zero-order valence-electron chi connectivity index (χ0n) is 17.3. The fourth-order valence-electron chi connectivity index (χ4n) is 4.36. The van der Waals surface area contributed by atoms with Gasteiger partial charge in [-0.3, -0.25) is 4.90 Å². The van der Waals surface area contributed by atoms with Crippen LogP contribution in [0.25, 0.3) is 11.0 Å². The van der Waals surface area contributed by atoms with Crippen molar-refractivity contribution in [2.24, 2.45) is 0 Å². The summed E-state index contributed by atoms with van der Waals surface area (Å²) in [6, 6.07) is 12.3. The molecule has 3 heterocycles. The number of unbranched alkanes of at least 4 members (excludes halogenated alkanes) is 1. The lowest BCUT2D eigenvalue weighted by Crippen LogP contribution is -2.46. The van der Waals surface area contributed by atoms with Crippen LogP contribution in [0.15, 0.2) is 42.7 Å². The molecule has 0 aliphatic carbocycles. The minimum absolute atomic E-state index is 0.631. The van der Waals surface area contributed by atoms with Crippen molar-refractivity contribution in [3.05, 3.63) is 42.7 Å². The maximum atomic E-state index is 6.01. The van der Waals surface area contributed by atoms with E-state index in [-0.39, 0.29) is 0 Å². The summed E-state index contributed by atoms with van der Waals surface area (Å²) in [5.74, 6) is 1.73. The van der Waals surface area contributed by atoms with E-state index in [1.54, 1.807) is 0 Å². The lowest BCUT2D eigenvalue weighted by molar-refractivity contribution is 0.171. The topological polar surface area (TPSA) is 68.8 Å². The van der Waals surface area contributed by atoms with Crippen molar-refractivity contribution in [3.8, 4) is 11.5 Å². The maximum absolute atomic E-state index is 6.01. The fraction of sp³-hybridized carbons (Fsp3) is 0.435. The lowest BCUT2D eigenvalue weighted by atomic mass is 10.2. The van der Waals surface area contributed by atoms with Crippen LogP contribution in [0.5, 0.6) is 11.5 Å². The van der Waals surface area contributed by atoms with Crippen LogP contribution < -0.4 is 20.1 Å². The number of piperazine rings is 1. The Balaban J connectivity index is 1.08. The molecular weight excluding hydrogens is 378 g/mol. The molecule has 1 saturated heterocycles. The van der Waals surface area contributed by atoms with Gasteiger partial charge >= 0.3 is 0 Å². The molecule has 7 heteroatoms. The van der Waals surface area contributed by atoms with Crippen LogP contribution >= 0.6 is 0 Å². The molecule has 0 atom stereocenters. The van der Waals surface area contributed by atoms with Crippen molar-refractivity contribution < 1.29 is 9.47 Å². The number of imidazole rings is 1. The zero-order valence-corrected chi connectivity index (χ0v) is 17.3. The molecule has 0 spiro atoms. The summed E-state index contributed by atoms with van der Waals surface area (Å²) in [5.41, 5.74) is 10.0. The standard InChI is InChI=1S/C23H29N5O2/c24-19-4-3-5-20-23(19)25-17-28(20)9-2-1-8-26-10-12-27(13-11-26)18-6-7-21-22(16-18)30-15-14-29-21/h3-7,16-17H,1-2,8-15,24H2. The number of aryl methyl sites for hydroxylation is 1. The van der Waals surface area contributed by atoms with Crippen LogP contribution in [0.1, 0.15) is 12.8 Å². The Morgan fingerprint density at radius 1 is 0.900 bits per heavy atom. The summed E-state index contributed by atoms with van der Waals surface area (Å²) in [5, 5.41) is 0. The van der Waals surface area contributed by atoms with Crippen LogP contribution in [0.3, 0.4) is 0 Å². The van der Waals surface area contributed by atoms with Crippen molar-refractivity contribution in [2.75, 3.05) is 56.6 Å². The predicted octanol–water partition coefficient (Wildman–Crippen LogP) is 2.99. The Hall–Kier alpha value is -2.93. The van der Waals surface area contributed by atoms with Gasteiger partial charge in [-0.25, -0.2) is 4.98 Å². The van der Waals surface area contributed by atoms with Crippen LogP contribution in [-0.2, 0) is 6.54 Å². The van der Waals surface area contributed by atoms with Crippen molar-refractivity contribution in [2.45, 2.75) is 19.4 Å². The van der Waals surface area contributed by atoms with Gasteiger partial charge in [0.1, 0.15) is 18.7 Å². The molecule has 3 aromatic rings. The number of rotatable bonds is 6. The van der Waals surface area contributed by atoms with Gasteiger partial charge in [0.2, 0.25) is 0 Å². The van der Waals surface area contributed by atoms with Crippen LogP contribution in [-0.4, -0.2) is 60.4 Å². The molecule has 5 rings (SSSR count). The summed E-state index contributed by atoms with van der Waals surface area (Å²) in [4.78, 5) is 9.47. The number of ether oxygens (including phenoxy) is 2. The molecule has 2 aliphatic rings. The van der Waals surface area contributed by atoms with E-state index in [0.717, 1.165) is 73.9 Å². The van der Waals surface area contributed by atoms with E-state index in [1.165, 1.54) is 12.1 Å². The third kappa shape index (κ3) is 3.89. The van der Waals surface area contributed by atoms with Gasteiger partial charge in [-0.15, -0.1) is 0 Å². The highest BCUT2D eigenvalue weighted by Crippen LogP contribution is 2.34. The molecule has 0 saturated carbocycles. The number of nitrogens with two attached hydrogens (primary N) is 1. The largest absolute Gasteiger partial charge is 0.486 e. The molecule has 0 radical (unpaired) electrons. The average molecular weight is 408 g/mol. The van der Waals surface area contributed by atoms with Gasteiger partial charge in [0.15, 0.2) is 11.5 Å². The Labute approximate surface area is 177 Å². The summed E-state index contributed by atoms with van der Waals surface area (Å²) < 4.78 is 13.6. The molecule has 30 heavy (non-hydrogen) atoms. The van der Waals surface area contributed by atoms with Gasteiger partial charge in [-0.2, -0.15) is 0 Å². The minimum atomic E-state index is 0.631. The maximum Gasteiger partial charge on any atom is 0.163 e. The first kappa shape index (κ1) is 19.1. The Kier molecular flexibility index (Phi) is 5.36. The minimum Gasteiger partial charge on any atom is -0.486 e. The van der Waals surface area contributed by atoms with Gasteiger partial charge in [-0.1, -0.05) is 6.07 Å². The quantitative estimate of drug-likeness (QED) is 0.500. The Morgan fingerprint density at radius 3 is 2.57 bits per heavy atom. The summed E-state index contributed by atoms with van der Waals surface area (Å²) in [7, 11) is 0. The van der Waals surface area contributed by atoms with Crippen molar-refractivity contribution >= 4 is 22.4 Å². The summed E-state index contributed by atoms with van der Waals surface area (Å²) in [6.45, 7) is 7.68. The molecule has 1 fully saturated rings. The number of nitrogen functional groups attached to an aromatic ring is 1. The first-order chi connectivity index (χ1) is 14.8. The number of hydrogen-bond donors (Lipinski definition) is 1. The van der Waals surface area contributed by atoms with E-state index in [2.05, 4.69) is 37.5 Å². The molecule has 0 unspecified atom stereocenters. The molecule has 2 N–H and O–H groups in total. The van der Waals surface area contributed by atoms with E-state index < -0.39 is 0 Å². The monoisotopic (exact) mass is 407 g/mol. The number of aromatic nitrogens is 2. The number of hydrogen-bond acceptors (Lipinski definition) is 6. The smallest absolute Gasteiger partial charge is 0.163 e. The van der Waals surface area contributed by atoms with E-state index in [1.807, 2.05) is 24.5 Å². The van der Waals surface area contributed by atoms with E-state index in [0.29, 0.717) is 13.2 Å². The first-order valence-electron chi connectivity index (χ1n) is 10.8. The number of benzene rings is 2.